The van der Waals surface area contributed by atoms with E-state index in [2.05, 4.69) is 75.2 Å². The average Bonchev–Trinajstić information content (AvgIpc) is 3.05. The van der Waals surface area contributed by atoms with Gasteiger partial charge in [-0.2, -0.15) is 0 Å². The highest BCUT2D eigenvalue weighted by Gasteiger charge is 2.24. The number of aryl methyl sites for hydroxylation is 1. The molecule has 0 heterocycles. The quantitative estimate of drug-likeness (QED) is 0.101. The molecule has 0 amide bonds. The van der Waals surface area contributed by atoms with E-state index in [9.17, 15) is 18.1 Å². The minimum absolute atomic E-state index is 0.0831. The van der Waals surface area contributed by atoms with Crippen LogP contribution in [0.15, 0.2) is 97.1 Å². The summed E-state index contributed by atoms with van der Waals surface area (Å²) in [5.74, 6) is 1.81. The third kappa shape index (κ3) is 10.3. The van der Waals surface area contributed by atoms with Crippen LogP contribution in [0, 0.1) is 6.92 Å². The van der Waals surface area contributed by atoms with Crippen molar-refractivity contribution in [2.45, 2.75) is 57.7 Å². The topological polar surface area (TPSA) is 124 Å². The largest absolute Gasteiger partial charge is 0.726 e. The second-order valence-corrected chi connectivity index (χ2v) is 13.9. The van der Waals surface area contributed by atoms with Crippen LogP contribution in [0.2, 0.25) is 0 Å². The monoisotopic (exact) mass is 677 g/mol. The number of aliphatic hydroxyl groups excluding tert-OH is 1. The molecule has 48 heavy (non-hydrogen) atoms. The Balaban J connectivity index is 1.25. The molecule has 0 spiro atoms. The van der Waals surface area contributed by atoms with Crippen molar-refractivity contribution >= 4 is 10.4 Å². The molecular weight excluding hydrogens is 632 g/mol. The van der Waals surface area contributed by atoms with Crippen LogP contribution in [0.3, 0.4) is 0 Å². The number of methoxy groups -OCH3 is 1. The average molecular weight is 678 g/mol. The van der Waals surface area contributed by atoms with Crippen molar-refractivity contribution in [3.8, 4) is 17.2 Å². The smallest absolute Gasteiger partial charge is 0.218 e. The van der Waals surface area contributed by atoms with Gasteiger partial charge >= 0.3 is 0 Å². The molecule has 1 N–H and O–H groups in total. The van der Waals surface area contributed by atoms with Crippen molar-refractivity contribution < 1.29 is 41.2 Å². The molecule has 9 nitrogen and oxygen atoms in total. The van der Waals surface area contributed by atoms with Crippen LogP contribution in [0.5, 0.6) is 17.2 Å². The highest BCUT2D eigenvalue weighted by molar-refractivity contribution is 7.80. The molecule has 0 aliphatic heterocycles. The lowest BCUT2D eigenvalue weighted by molar-refractivity contribution is 0.0442. The summed E-state index contributed by atoms with van der Waals surface area (Å²) < 4.78 is 59.5. The molecule has 0 fully saturated rings. The Kier molecular flexibility index (Phi) is 12.3. The molecule has 2 atom stereocenters. The summed E-state index contributed by atoms with van der Waals surface area (Å²) in [6, 6.07) is 31.7. The minimum atomic E-state index is -4.88. The van der Waals surface area contributed by atoms with E-state index in [1.807, 2.05) is 48.5 Å². The van der Waals surface area contributed by atoms with Gasteiger partial charge in [-0.3, -0.25) is 4.18 Å². The molecule has 258 valence electrons. The summed E-state index contributed by atoms with van der Waals surface area (Å²) in [6.45, 7) is 10.6. The number of ether oxygens (including phenoxy) is 4. The van der Waals surface area contributed by atoms with Crippen LogP contribution in [0.1, 0.15) is 55.5 Å². The normalized spacial score (nSPS) is 13.5. The maximum absolute atomic E-state index is 10.9. The second kappa shape index (κ2) is 16.0. The van der Waals surface area contributed by atoms with Gasteiger partial charge in [0.25, 0.3) is 0 Å². The zero-order valence-electron chi connectivity index (χ0n) is 28.3. The third-order valence-electron chi connectivity index (χ3n) is 8.43. The van der Waals surface area contributed by atoms with Crippen molar-refractivity contribution in [1.29, 1.82) is 0 Å². The van der Waals surface area contributed by atoms with Crippen LogP contribution in [0.25, 0.3) is 0 Å². The SMILES string of the molecule is COCC(COc1ccc(C(C)(C)c2ccc(OCC(O)COc3ccc(C(C)(C)c4ccc(C)cc4)cc3)cc2)cc1)OS(=O)(=O)[O-]. The molecule has 0 bridgehead atoms. The maximum atomic E-state index is 10.9. The van der Waals surface area contributed by atoms with E-state index in [0.717, 1.165) is 11.1 Å². The summed E-state index contributed by atoms with van der Waals surface area (Å²) in [5, 5.41) is 10.5. The van der Waals surface area contributed by atoms with Crippen molar-refractivity contribution in [2.75, 3.05) is 33.5 Å². The Bertz CT molecular complexity index is 1680. The van der Waals surface area contributed by atoms with Gasteiger partial charge in [0, 0.05) is 17.9 Å². The lowest BCUT2D eigenvalue weighted by atomic mass is 9.78. The summed E-state index contributed by atoms with van der Waals surface area (Å²) in [6.07, 6.45) is -1.87. The Hall–Kier alpha value is -3.93. The van der Waals surface area contributed by atoms with Crippen molar-refractivity contribution in [3.63, 3.8) is 0 Å². The van der Waals surface area contributed by atoms with Gasteiger partial charge in [0.1, 0.15) is 49.3 Å². The zero-order valence-corrected chi connectivity index (χ0v) is 29.2. The first-order valence-electron chi connectivity index (χ1n) is 15.8. The van der Waals surface area contributed by atoms with Gasteiger partial charge in [0.15, 0.2) is 0 Å². The lowest BCUT2D eigenvalue weighted by Crippen LogP contribution is -2.29. The van der Waals surface area contributed by atoms with Gasteiger partial charge < -0.3 is 28.6 Å². The highest BCUT2D eigenvalue weighted by atomic mass is 32.3. The molecule has 4 aromatic carbocycles. The number of hydrogen-bond donors (Lipinski definition) is 1. The molecule has 0 radical (unpaired) electrons. The molecule has 0 aliphatic carbocycles. The number of aliphatic hydroxyl groups is 1. The zero-order chi connectivity index (χ0) is 35.0. The van der Waals surface area contributed by atoms with Crippen LogP contribution in [-0.2, 0) is 30.1 Å². The molecule has 2 unspecified atom stereocenters. The van der Waals surface area contributed by atoms with Gasteiger partial charge in [-0.15, -0.1) is 0 Å². The van der Waals surface area contributed by atoms with E-state index in [1.54, 1.807) is 12.1 Å². The van der Waals surface area contributed by atoms with Gasteiger partial charge in [0.05, 0.1) is 6.61 Å². The van der Waals surface area contributed by atoms with E-state index < -0.39 is 22.6 Å². The second-order valence-electron chi connectivity index (χ2n) is 12.9. The Morgan fingerprint density at radius 3 is 1.27 bits per heavy atom. The van der Waals surface area contributed by atoms with Crippen LogP contribution in [0.4, 0.5) is 0 Å². The lowest BCUT2D eigenvalue weighted by Gasteiger charge is -2.27. The van der Waals surface area contributed by atoms with Crippen LogP contribution < -0.4 is 14.2 Å². The van der Waals surface area contributed by atoms with E-state index in [4.69, 9.17) is 18.9 Å². The number of rotatable bonds is 17. The predicted molar refractivity (Wildman–Crippen MR) is 184 cm³/mol. The Labute approximate surface area is 284 Å². The fourth-order valence-corrected chi connectivity index (χ4v) is 5.73. The first kappa shape index (κ1) is 36.9. The first-order valence-corrected chi connectivity index (χ1v) is 17.1. The highest BCUT2D eigenvalue weighted by Crippen LogP contribution is 2.34. The van der Waals surface area contributed by atoms with E-state index in [0.29, 0.717) is 17.2 Å². The van der Waals surface area contributed by atoms with Gasteiger partial charge in [-0.25, -0.2) is 8.42 Å². The van der Waals surface area contributed by atoms with E-state index in [1.165, 1.54) is 23.8 Å². The third-order valence-corrected chi connectivity index (χ3v) is 8.94. The molecule has 0 saturated carbocycles. The summed E-state index contributed by atoms with van der Waals surface area (Å²) in [4.78, 5) is 0. The maximum Gasteiger partial charge on any atom is 0.218 e. The fourth-order valence-electron chi connectivity index (χ4n) is 5.29. The molecular formula is C38H45O9S-. The Morgan fingerprint density at radius 1 is 0.604 bits per heavy atom. The molecule has 10 heteroatoms. The van der Waals surface area contributed by atoms with Gasteiger partial charge in [0.2, 0.25) is 10.4 Å². The molecule has 4 rings (SSSR count). The first-order chi connectivity index (χ1) is 22.7. The molecule has 4 aromatic rings. The van der Waals surface area contributed by atoms with E-state index >= 15 is 0 Å². The van der Waals surface area contributed by atoms with Crippen molar-refractivity contribution in [1.82, 2.24) is 0 Å². The van der Waals surface area contributed by atoms with E-state index in [-0.39, 0.29) is 37.3 Å². The standard InChI is InChI=1S/C38H46O9S/c1-27-7-9-28(10-8-27)37(2,3)29-11-17-33(18-12-29)44-23-32(39)24-45-34-19-13-30(14-20-34)38(4,5)31-15-21-35(22-16-31)46-26-36(25-43-6)47-48(40,41)42/h7-22,32,36,39H,23-26H2,1-6H3,(H,40,41,42)/p-1. The minimum Gasteiger partial charge on any atom is -0.726 e. The number of benzene rings is 4. The summed E-state index contributed by atoms with van der Waals surface area (Å²) >= 11 is 0. The summed E-state index contributed by atoms with van der Waals surface area (Å²) in [5.41, 5.74) is 5.23. The van der Waals surface area contributed by atoms with Crippen molar-refractivity contribution in [3.05, 3.63) is 125 Å². The molecule has 0 aliphatic rings. The molecule has 0 saturated heterocycles. The molecule has 0 aromatic heterocycles. The van der Waals surface area contributed by atoms with Crippen LogP contribution >= 0.6 is 0 Å². The predicted octanol–water partition coefficient (Wildman–Crippen LogP) is 6.34. The van der Waals surface area contributed by atoms with Crippen LogP contribution in [-0.4, -0.2) is 63.8 Å². The van der Waals surface area contributed by atoms with Crippen molar-refractivity contribution in [2.24, 2.45) is 0 Å². The number of hydrogen-bond acceptors (Lipinski definition) is 9. The fraction of sp³-hybridized carbons (Fsp3) is 0.368. The Morgan fingerprint density at radius 2 is 0.938 bits per heavy atom. The summed E-state index contributed by atoms with van der Waals surface area (Å²) in [7, 11) is -3.51. The van der Waals surface area contributed by atoms with Gasteiger partial charge in [-0.05, 0) is 65.6 Å². The van der Waals surface area contributed by atoms with Gasteiger partial charge in [-0.1, -0.05) is 93.9 Å².